The van der Waals surface area contributed by atoms with Crippen LogP contribution in [0.3, 0.4) is 0 Å². The number of piperidine rings is 1. The summed E-state index contributed by atoms with van der Waals surface area (Å²) in [4.78, 5) is 0.196. The number of benzene rings is 1. The fraction of sp³-hybridized carbons (Fsp3) is 0.538. The third-order valence-electron chi connectivity index (χ3n) is 3.32. The molecule has 0 amide bonds. The van der Waals surface area contributed by atoms with Gasteiger partial charge in [0.05, 0.1) is 7.11 Å². The van der Waals surface area contributed by atoms with Crippen LogP contribution in [-0.2, 0) is 10.0 Å². The van der Waals surface area contributed by atoms with Gasteiger partial charge in [0.1, 0.15) is 10.6 Å². The number of methoxy groups -OCH3 is 1. The predicted molar refractivity (Wildman–Crippen MR) is 73.8 cm³/mol. The van der Waals surface area contributed by atoms with Gasteiger partial charge in [-0.05, 0) is 44.0 Å². The van der Waals surface area contributed by atoms with Crippen molar-refractivity contribution in [2.24, 2.45) is 5.92 Å². The Kier molecular flexibility index (Phi) is 4.79. The van der Waals surface area contributed by atoms with Crippen molar-refractivity contribution in [2.45, 2.75) is 17.7 Å². The van der Waals surface area contributed by atoms with Gasteiger partial charge in [0.25, 0.3) is 0 Å². The lowest BCUT2D eigenvalue weighted by Gasteiger charge is -2.23. The Morgan fingerprint density at radius 1 is 1.42 bits per heavy atom. The highest BCUT2D eigenvalue weighted by Crippen LogP contribution is 2.22. The number of rotatable bonds is 5. The molecule has 1 aromatic carbocycles. The first-order chi connectivity index (χ1) is 9.13. The Labute approximate surface area is 114 Å². The highest BCUT2D eigenvalue weighted by Gasteiger charge is 2.21. The van der Waals surface area contributed by atoms with Crippen molar-refractivity contribution in [3.8, 4) is 5.75 Å². The second-order valence-corrected chi connectivity index (χ2v) is 6.45. The largest absolute Gasteiger partial charge is 0.495 e. The summed E-state index contributed by atoms with van der Waals surface area (Å²) < 4.78 is 32.2. The van der Waals surface area contributed by atoms with E-state index in [4.69, 9.17) is 4.74 Å². The molecular formula is C13H20N2O3S. The van der Waals surface area contributed by atoms with E-state index < -0.39 is 10.0 Å². The number of hydrogen-bond acceptors (Lipinski definition) is 4. The first-order valence-corrected chi connectivity index (χ1v) is 7.95. The zero-order valence-corrected chi connectivity index (χ0v) is 11.9. The van der Waals surface area contributed by atoms with E-state index in [1.54, 1.807) is 24.3 Å². The number of hydrogen-bond donors (Lipinski definition) is 2. The molecule has 0 radical (unpaired) electrons. The van der Waals surface area contributed by atoms with Crippen molar-refractivity contribution in [1.82, 2.24) is 10.0 Å². The van der Waals surface area contributed by atoms with Gasteiger partial charge in [-0.3, -0.25) is 0 Å². The standard InChI is InChI=1S/C13H20N2O3S/c1-18-12-6-2-3-7-13(12)19(16,17)15-10-11-5-4-8-14-9-11/h2-3,6-7,11,14-15H,4-5,8-10H2,1H3/t11-/m1/s1. The van der Waals surface area contributed by atoms with Gasteiger partial charge in [-0.2, -0.15) is 0 Å². The smallest absolute Gasteiger partial charge is 0.244 e. The number of sulfonamides is 1. The second-order valence-electron chi connectivity index (χ2n) is 4.72. The summed E-state index contributed by atoms with van der Waals surface area (Å²) in [6, 6.07) is 6.65. The quantitative estimate of drug-likeness (QED) is 0.845. The summed E-state index contributed by atoms with van der Waals surface area (Å²) in [7, 11) is -2.03. The minimum absolute atomic E-state index is 0.196. The second kappa shape index (κ2) is 6.36. The highest BCUT2D eigenvalue weighted by atomic mass is 32.2. The molecule has 6 heteroatoms. The molecule has 0 aromatic heterocycles. The van der Waals surface area contributed by atoms with Gasteiger partial charge < -0.3 is 10.1 Å². The molecule has 2 N–H and O–H groups in total. The summed E-state index contributed by atoms with van der Waals surface area (Å²) in [5.41, 5.74) is 0. The molecule has 0 saturated carbocycles. The predicted octanol–water partition coefficient (Wildman–Crippen LogP) is 0.973. The van der Waals surface area contributed by atoms with Crippen LogP contribution in [0.25, 0.3) is 0 Å². The minimum atomic E-state index is -3.51. The molecule has 2 rings (SSSR count). The molecule has 1 aliphatic rings. The summed E-state index contributed by atoms with van der Waals surface area (Å²) in [6.45, 7) is 2.36. The monoisotopic (exact) mass is 284 g/mol. The Morgan fingerprint density at radius 3 is 2.89 bits per heavy atom. The number of nitrogens with one attached hydrogen (secondary N) is 2. The summed E-state index contributed by atoms with van der Waals surface area (Å²) >= 11 is 0. The third kappa shape index (κ3) is 3.68. The minimum Gasteiger partial charge on any atom is -0.495 e. The zero-order valence-electron chi connectivity index (χ0n) is 11.1. The van der Waals surface area contributed by atoms with Crippen LogP contribution in [0.15, 0.2) is 29.2 Å². The molecular weight excluding hydrogens is 264 g/mol. The van der Waals surface area contributed by atoms with Gasteiger partial charge in [0, 0.05) is 6.54 Å². The van der Waals surface area contributed by atoms with Crippen LogP contribution in [0, 0.1) is 5.92 Å². The van der Waals surface area contributed by atoms with Crippen molar-refractivity contribution in [2.75, 3.05) is 26.7 Å². The van der Waals surface area contributed by atoms with Crippen molar-refractivity contribution in [3.63, 3.8) is 0 Å². The molecule has 5 nitrogen and oxygen atoms in total. The molecule has 0 bridgehead atoms. The fourth-order valence-corrected chi connectivity index (χ4v) is 3.53. The molecule has 106 valence electrons. The van der Waals surface area contributed by atoms with E-state index in [9.17, 15) is 8.42 Å². The van der Waals surface area contributed by atoms with Gasteiger partial charge >= 0.3 is 0 Å². The van der Waals surface area contributed by atoms with E-state index >= 15 is 0 Å². The Balaban J connectivity index is 2.05. The Morgan fingerprint density at radius 2 is 2.21 bits per heavy atom. The van der Waals surface area contributed by atoms with E-state index in [0.717, 1.165) is 25.9 Å². The van der Waals surface area contributed by atoms with E-state index in [1.165, 1.54) is 7.11 Å². The molecule has 1 fully saturated rings. The van der Waals surface area contributed by atoms with E-state index in [-0.39, 0.29) is 4.90 Å². The topological polar surface area (TPSA) is 67.4 Å². The van der Waals surface area contributed by atoms with Crippen molar-refractivity contribution in [1.29, 1.82) is 0 Å². The van der Waals surface area contributed by atoms with Gasteiger partial charge in [-0.1, -0.05) is 12.1 Å². The number of para-hydroxylation sites is 1. The van der Waals surface area contributed by atoms with Crippen molar-refractivity contribution in [3.05, 3.63) is 24.3 Å². The fourth-order valence-electron chi connectivity index (χ4n) is 2.24. The first-order valence-electron chi connectivity index (χ1n) is 6.47. The number of ether oxygens (including phenoxy) is 1. The van der Waals surface area contributed by atoms with Crippen LogP contribution in [0.1, 0.15) is 12.8 Å². The lowest BCUT2D eigenvalue weighted by Crippen LogP contribution is -2.38. The van der Waals surface area contributed by atoms with Crippen LogP contribution in [-0.4, -0.2) is 35.2 Å². The Hall–Kier alpha value is -1.11. The molecule has 1 aliphatic heterocycles. The Bertz CT molecular complexity index is 510. The van der Waals surface area contributed by atoms with Crippen molar-refractivity contribution >= 4 is 10.0 Å². The average molecular weight is 284 g/mol. The maximum atomic E-state index is 12.2. The van der Waals surface area contributed by atoms with Crippen LogP contribution >= 0.6 is 0 Å². The SMILES string of the molecule is COc1ccccc1S(=O)(=O)NC[C@@H]1CCCNC1. The van der Waals surface area contributed by atoms with Gasteiger partial charge in [-0.15, -0.1) is 0 Å². The summed E-state index contributed by atoms with van der Waals surface area (Å²) in [6.07, 6.45) is 2.16. The van der Waals surface area contributed by atoms with Crippen molar-refractivity contribution < 1.29 is 13.2 Å². The molecule has 1 aromatic rings. The molecule has 19 heavy (non-hydrogen) atoms. The normalized spacial score (nSPS) is 20.2. The highest BCUT2D eigenvalue weighted by molar-refractivity contribution is 7.89. The molecule has 0 aliphatic carbocycles. The van der Waals surface area contributed by atoms with Crippen LogP contribution in [0.2, 0.25) is 0 Å². The van der Waals surface area contributed by atoms with Gasteiger partial charge in [-0.25, -0.2) is 13.1 Å². The third-order valence-corrected chi connectivity index (χ3v) is 4.78. The van der Waals surface area contributed by atoms with Gasteiger partial charge in [0.15, 0.2) is 0 Å². The summed E-state index contributed by atoms with van der Waals surface area (Å²) in [5, 5.41) is 3.27. The molecule has 1 heterocycles. The summed E-state index contributed by atoms with van der Waals surface area (Å²) in [5.74, 6) is 0.731. The average Bonchev–Trinajstić information content (AvgIpc) is 2.46. The van der Waals surface area contributed by atoms with E-state index in [0.29, 0.717) is 18.2 Å². The van der Waals surface area contributed by atoms with E-state index in [1.807, 2.05) is 0 Å². The van der Waals surface area contributed by atoms with Crippen LogP contribution < -0.4 is 14.8 Å². The van der Waals surface area contributed by atoms with Crippen LogP contribution in [0.4, 0.5) is 0 Å². The van der Waals surface area contributed by atoms with Gasteiger partial charge in [0.2, 0.25) is 10.0 Å². The maximum absolute atomic E-state index is 12.2. The maximum Gasteiger partial charge on any atom is 0.244 e. The molecule has 0 unspecified atom stereocenters. The lowest BCUT2D eigenvalue weighted by atomic mass is 10.0. The zero-order chi connectivity index (χ0) is 13.7. The lowest BCUT2D eigenvalue weighted by molar-refractivity contribution is 0.374. The molecule has 0 spiro atoms. The molecule has 1 saturated heterocycles. The molecule has 1 atom stereocenters. The van der Waals surface area contributed by atoms with Crippen LogP contribution in [0.5, 0.6) is 5.75 Å². The van der Waals surface area contributed by atoms with E-state index in [2.05, 4.69) is 10.0 Å². The first kappa shape index (κ1) is 14.3.